The summed E-state index contributed by atoms with van der Waals surface area (Å²) in [5, 5.41) is 9.90. The Balaban J connectivity index is 1.73. The number of nitrogens with zero attached hydrogens (tertiary/aromatic N) is 1. The summed E-state index contributed by atoms with van der Waals surface area (Å²) in [6.07, 6.45) is 3.52. The van der Waals surface area contributed by atoms with Gasteiger partial charge in [-0.1, -0.05) is 13.0 Å². The molecule has 0 bridgehead atoms. The molecular weight excluding hydrogens is 281 g/mol. The molecule has 1 saturated carbocycles. The van der Waals surface area contributed by atoms with Crippen molar-refractivity contribution in [3.63, 3.8) is 0 Å². The molecule has 1 aliphatic heterocycles. The number of benzene rings is 1. The van der Waals surface area contributed by atoms with Crippen molar-refractivity contribution >= 4 is 5.91 Å². The predicted molar refractivity (Wildman–Crippen MR) is 82.9 cm³/mol. The van der Waals surface area contributed by atoms with E-state index in [0.29, 0.717) is 6.42 Å². The van der Waals surface area contributed by atoms with Gasteiger partial charge in [-0.25, -0.2) is 4.39 Å². The third-order valence-electron chi connectivity index (χ3n) is 5.55. The van der Waals surface area contributed by atoms with Crippen molar-refractivity contribution < 1.29 is 14.3 Å². The summed E-state index contributed by atoms with van der Waals surface area (Å²) in [6, 6.07) is 4.85. The van der Waals surface area contributed by atoms with Crippen LogP contribution < -0.4 is 0 Å². The molecule has 1 amide bonds. The fraction of sp³-hybridized carbons (Fsp3) is 0.611. The summed E-state index contributed by atoms with van der Waals surface area (Å²) in [6.45, 7) is 4.81. The Morgan fingerprint density at radius 3 is 2.95 bits per heavy atom. The SMILES string of the molecule is Cc1cc(F)ccc1CC(=O)N1CC[C@@]2(C)C[C@H](O)CC[C@@H]12. The highest BCUT2D eigenvalue weighted by Crippen LogP contribution is 2.46. The average molecular weight is 305 g/mol. The molecule has 22 heavy (non-hydrogen) atoms. The number of likely N-dealkylation sites (tertiary alicyclic amines) is 1. The lowest BCUT2D eigenvalue weighted by Gasteiger charge is -2.41. The second-order valence-electron chi connectivity index (χ2n) is 7.19. The molecule has 0 radical (unpaired) electrons. The normalized spacial score (nSPS) is 31.2. The highest BCUT2D eigenvalue weighted by atomic mass is 19.1. The fourth-order valence-electron chi connectivity index (χ4n) is 4.23. The predicted octanol–water partition coefficient (Wildman–Crippen LogP) is 2.83. The Kier molecular flexibility index (Phi) is 3.98. The molecule has 4 heteroatoms. The molecule has 1 saturated heterocycles. The number of hydrogen-bond acceptors (Lipinski definition) is 2. The lowest BCUT2D eigenvalue weighted by molar-refractivity contribution is -0.133. The summed E-state index contributed by atoms with van der Waals surface area (Å²) in [4.78, 5) is 14.7. The first-order valence-electron chi connectivity index (χ1n) is 8.12. The number of carbonyl (C=O) groups excluding carboxylic acids is 1. The molecule has 0 aromatic heterocycles. The van der Waals surface area contributed by atoms with Gasteiger partial charge in [0, 0.05) is 12.6 Å². The van der Waals surface area contributed by atoms with E-state index in [1.807, 2.05) is 11.8 Å². The van der Waals surface area contributed by atoms with Crippen molar-refractivity contribution in [1.29, 1.82) is 0 Å². The van der Waals surface area contributed by atoms with Crippen LogP contribution in [0.5, 0.6) is 0 Å². The van der Waals surface area contributed by atoms with E-state index < -0.39 is 0 Å². The second-order valence-corrected chi connectivity index (χ2v) is 7.19. The van der Waals surface area contributed by atoms with E-state index in [1.54, 1.807) is 6.07 Å². The number of rotatable bonds is 2. The average Bonchev–Trinajstić information content (AvgIpc) is 2.78. The number of aryl methyl sites for hydroxylation is 1. The topological polar surface area (TPSA) is 40.5 Å². The summed E-state index contributed by atoms with van der Waals surface area (Å²) in [5.41, 5.74) is 1.77. The highest BCUT2D eigenvalue weighted by molar-refractivity contribution is 5.80. The zero-order valence-electron chi connectivity index (χ0n) is 13.3. The minimum absolute atomic E-state index is 0.0468. The minimum atomic E-state index is -0.260. The van der Waals surface area contributed by atoms with Gasteiger partial charge in [0.05, 0.1) is 12.5 Å². The van der Waals surface area contributed by atoms with E-state index in [2.05, 4.69) is 6.92 Å². The van der Waals surface area contributed by atoms with Gasteiger partial charge in [0.2, 0.25) is 5.91 Å². The van der Waals surface area contributed by atoms with E-state index in [9.17, 15) is 14.3 Å². The fourth-order valence-corrected chi connectivity index (χ4v) is 4.23. The van der Waals surface area contributed by atoms with Gasteiger partial charge in [0.25, 0.3) is 0 Å². The molecule has 1 N–H and O–H groups in total. The van der Waals surface area contributed by atoms with Crippen LogP contribution in [0.25, 0.3) is 0 Å². The summed E-state index contributed by atoms with van der Waals surface area (Å²) in [5.74, 6) is -0.136. The Hall–Kier alpha value is -1.42. The molecule has 120 valence electrons. The molecule has 3 atom stereocenters. The minimum Gasteiger partial charge on any atom is -0.393 e. The molecule has 3 rings (SSSR count). The van der Waals surface area contributed by atoms with Gasteiger partial charge in [-0.15, -0.1) is 0 Å². The Labute approximate surface area is 131 Å². The van der Waals surface area contributed by atoms with Crippen LogP contribution in [0.15, 0.2) is 18.2 Å². The van der Waals surface area contributed by atoms with Crippen LogP contribution in [0.2, 0.25) is 0 Å². The van der Waals surface area contributed by atoms with E-state index in [1.165, 1.54) is 12.1 Å². The van der Waals surface area contributed by atoms with Gasteiger partial charge in [-0.2, -0.15) is 0 Å². The maximum atomic E-state index is 13.2. The Morgan fingerprint density at radius 1 is 1.45 bits per heavy atom. The number of aliphatic hydroxyl groups excluding tert-OH is 1. The van der Waals surface area contributed by atoms with E-state index in [4.69, 9.17) is 0 Å². The van der Waals surface area contributed by atoms with Crippen LogP contribution in [0.4, 0.5) is 4.39 Å². The van der Waals surface area contributed by atoms with Gasteiger partial charge < -0.3 is 10.0 Å². The van der Waals surface area contributed by atoms with E-state index in [0.717, 1.165) is 43.4 Å². The Bertz CT molecular complexity index is 588. The van der Waals surface area contributed by atoms with Crippen molar-refractivity contribution in [3.05, 3.63) is 35.1 Å². The summed E-state index contributed by atoms with van der Waals surface area (Å²) < 4.78 is 13.2. The van der Waals surface area contributed by atoms with Crippen LogP contribution in [-0.2, 0) is 11.2 Å². The number of amides is 1. The van der Waals surface area contributed by atoms with Crippen LogP contribution in [0.1, 0.15) is 43.7 Å². The van der Waals surface area contributed by atoms with E-state index >= 15 is 0 Å². The van der Waals surface area contributed by atoms with Crippen molar-refractivity contribution in [3.8, 4) is 0 Å². The van der Waals surface area contributed by atoms with Crippen molar-refractivity contribution in [1.82, 2.24) is 4.90 Å². The summed E-state index contributed by atoms with van der Waals surface area (Å²) in [7, 11) is 0. The van der Waals surface area contributed by atoms with Crippen molar-refractivity contribution in [2.24, 2.45) is 5.41 Å². The molecular formula is C18H24FNO2. The van der Waals surface area contributed by atoms with Gasteiger partial charge in [-0.05, 0) is 61.3 Å². The molecule has 1 aromatic carbocycles. The zero-order valence-corrected chi connectivity index (χ0v) is 13.3. The maximum absolute atomic E-state index is 13.2. The molecule has 0 spiro atoms. The lowest BCUT2D eigenvalue weighted by Crippen LogP contribution is -2.46. The molecule has 0 unspecified atom stereocenters. The van der Waals surface area contributed by atoms with Crippen LogP contribution >= 0.6 is 0 Å². The molecule has 2 aliphatic rings. The summed E-state index contributed by atoms with van der Waals surface area (Å²) >= 11 is 0. The second kappa shape index (κ2) is 5.65. The number of carbonyl (C=O) groups is 1. The monoisotopic (exact) mass is 305 g/mol. The first-order chi connectivity index (χ1) is 10.4. The van der Waals surface area contributed by atoms with Gasteiger partial charge in [-0.3, -0.25) is 4.79 Å². The standard InChI is InChI=1S/C18H24FNO2/c1-12-9-14(19)4-3-13(12)10-17(22)20-8-7-18(2)11-15(21)5-6-16(18)20/h3-4,9,15-16,21H,5-8,10-11H2,1-2H3/t15-,16-,18+/m1/s1. The lowest BCUT2D eigenvalue weighted by atomic mass is 9.71. The first-order valence-corrected chi connectivity index (χ1v) is 8.12. The van der Waals surface area contributed by atoms with Crippen molar-refractivity contribution in [2.45, 2.75) is 58.1 Å². The number of halogens is 1. The Morgan fingerprint density at radius 2 is 2.23 bits per heavy atom. The third-order valence-corrected chi connectivity index (χ3v) is 5.55. The van der Waals surface area contributed by atoms with E-state index in [-0.39, 0.29) is 29.3 Å². The smallest absolute Gasteiger partial charge is 0.227 e. The number of hydrogen-bond donors (Lipinski definition) is 1. The molecule has 1 aromatic rings. The van der Waals surface area contributed by atoms with Crippen LogP contribution in [0, 0.1) is 18.2 Å². The maximum Gasteiger partial charge on any atom is 0.227 e. The molecule has 1 aliphatic carbocycles. The molecule has 1 heterocycles. The zero-order chi connectivity index (χ0) is 15.9. The van der Waals surface area contributed by atoms with Gasteiger partial charge in [0.1, 0.15) is 5.82 Å². The largest absolute Gasteiger partial charge is 0.393 e. The van der Waals surface area contributed by atoms with Crippen molar-refractivity contribution in [2.75, 3.05) is 6.54 Å². The van der Waals surface area contributed by atoms with Crippen LogP contribution in [-0.4, -0.2) is 34.6 Å². The first kappa shape index (κ1) is 15.5. The quantitative estimate of drug-likeness (QED) is 0.913. The highest BCUT2D eigenvalue weighted by Gasteiger charge is 2.48. The number of fused-ring (bicyclic) bond motifs is 1. The van der Waals surface area contributed by atoms with Crippen LogP contribution in [0.3, 0.4) is 0 Å². The van der Waals surface area contributed by atoms with Gasteiger partial charge >= 0.3 is 0 Å². The van der Waals surface area contributed by atoms with Gasteiger partial charge in [0.15, 0.2) is 0 Å². The molecule has 3 nitrogen and oxygen atoms in total. The molecule has 2 fully saturated rings. The third kappa shape index (κ3) is 2.76. The number of aliphatic hydroxyl groups is 1.